The van der Waals surface area contributed by atoms with Crippen LogP contribution in [0.15, 0.2) is 0 Å². The van der Waals surface area contributed by atoms with Crippen LogP contribution in [0.3, 0.4) is 0 Å². The first-order chi connectivity index (χ1) is 10.8. The van der Waals surface area contributed by atoms with Crippen LogP contribution in [0.1, 0.15) is 52.9 Å². The van der Waals surface area contributed by atoms with Gasteiger partial charge in [-0.25, -0.2) is 4.79 Å². The summed E-state index contributed by atoms with van der Waals surface area (Å²) in [6, 6.07) is 0. The maximum atomic E-state index is 12.5. The Balaban J connectivity index is 3.09. The van der Waals surface area contributed by atoms with Crippen molar-refractivity contribution in [1.82, 2.24) is 4.98 Å². The van der Waals surface area contributed by atoms with Gasteiger partial charge in [-0.3, -0.25) is 9.36 Å². The Morgan fingerprint density at radius 1 is 1.04 bits per heavy atom. The molecule has 0 amide bonds. The number of aryl methyl sites for hydroxylation is 1. The minimum atomic E-state index is -3.49. The molecule has 0 atom stereocenters. The van der Waals surface area contributed by atoms with Gasteiger partial charge in [-0.1, -0.05) is 0 Å². The number of aromatic nitrogens is 1. The van der Waals surface area contributed by atoms with E-state index in [1.807, 2.05) is 0 Å². The Morgan fingerprint density at radius 3 is 2.09 bits per heavy atom. The SMILES string of the molecule is CCOC(=O)c1[nH]c(C)c(C(=O)CP(=O)(OCC)OCC)c1C. The smallest absolute Gasteiger partial charge is 0.355 e. The Morgan fingerprint density at radius 2 is 1.61 bits per heavy atom. The zero-order chi connectivity index (χ0) is 17.6. The minimum absolute atomic E-state index is 0.184. The molecule has 0 bridgehead atoms. The number of Topliss-reactive ketones (excluding diaryl/α,β-unsaturated/α-hetero) is 1. The molecular formula is C15H24NO6P. The van der Waals surface area contributed by atoms with Gasteiger partial charge >= 0.3 is 13.6 Å². The minimum Gasteiger partial charge on any atom is -0.461 e. The first kappa shape index (κ1) is 19.6. The monoisotopic (exact) mass is 345 g/mol. The van der Waals surface area contributed by atoms with E-state index in [0.29, 0.717) is 16.8 Å². The number of hydrogen-bond donors (Lipinski definition) is 1. The predicted molar refractivity (Wildman–Crippen MR) is 86.3 cm³/mol. The molecule has 23 heavy (non-hydrogen) atoms. The van der Waals surface area contributed by atoms with E-state index in [1.54, 1.807) is 34.6 Å². The van der Waals surface area contributed by atoms with Gasteiger partial charge in [0.1, 0.15) is 11.9 Å². The molecule has 0 saturated heterocycles. The van der Waals surface area contributed by atoms with Crippen molar-refractivity contribution >= 4 is 19.3 Å². The van der Waals surface area contributed by atoms with Gasteiger partial charge in [0.05, 0.1) is 19.8 Å². The van der Waals surface area contributed by atoms with Gasteiger partial charge in [0, 0.05) is 11.3 Å². The lowest BCUT2D eigenvalue weighted by atomic mass is 10.1. The van der Waals surface area contributed by atoms with E-state index in [4.69, 9.17) is 13.8 Å². The number of rotatable bonds is 9. The molecule has 0 aliphatic rings. The molecule has 0 aromatic carbocycles. The Labute approximate surface area is 136 Å². The molecule has 1 heterocycles. The molecule has 7 nitrogen and oxygen atoms in total. The van der Waals surface area contributed by atoms with Crippen LogP contribution in [-0.2, 0) is 18.3 Å². The van der Waals surface area contributed by atoms with E-state index in [0.717, 1.165) is 0 Å². The first-order valence-corrected chi connectivity index (χ1v) is 9.30. The fraction of sp³-hybridized carbons (Fsp3) is 0.600. The third-order valence-corrected chi connectivity index (χ3v) is 5.16. The van der Waals surface area contributed by atoms with E-state index < -0.39 is 19.3 Å². The lowest BCUT2D eigenvalue weighted by Gasteiger charge is -2.16. The summed E-state index contributed by atoms with van der Waals surface area (Å²) >= 11 is 0. The van der Waals surface area contributed by atoms with E-state index in [2.05, 4.69) is 4.98 Å². The number of aromatic amines is 1. The van der Waals surface area contributed by atoms with Crippen LogP contribution in [0.5, 0.6) is 0 Å². The van der Waals surface area contributed by atoms with Crippen LogP contribution in [-0.4, -0.2) is 42.7 Å². The molecule has 0 fully saturated rings. The van der Waals surface area contributed by atoms with E-state index in [1.165, 1.54) is 0 Å². The number of H-pyrrole nitrogens is 1. The molecule has 0 aliphatic carbocycles. The third-order valence-electron chi connectivity index (χ3n) is 3.18. The molecule has 1 aromatic heterocycles. The highest BCUT2D eigenvalue weighted by molar-refractivity contribution is 7.54. The maximum Gasteiger partial charge on any atom is 0.355 e. The lowest BCUT2D eigenvalue weighted by Crippen LogP contribution is -2.12. The van der Waals surface area contributed by atoms with Crippen molar-refractivity contribution in [2.24, 2.45) is 0 Å². The van der Waals surface area contributed by atoms with Crippen molar-refractivity contribution in [1.29, 1.82) is 0 Å². The van der Waals surface area contributed by atoms with Gasteiger partial charge in [-0.2, -0.15) is 0 Å². The summed E-state index contributed by atoms with van der Waals surface area (Å²) in [5.41, 5.74) is 1.56. The zero-order valence-corrected chi connectivity index (χ0v) is 15.1. The molecular weight excluding hydrogens is 321 g/mol. The number of carbonyl (C=O) groups excluding carboxylic acids is 2. The average Bonchev–Trinajstić information content (AvgIpc) is 2.74. The number of hydrogen-bond acceptors (Lipinski definition) is 6. The second-order valence-electron chi connectivity index (χ2n) is 4.87. The van der Waals surface area contributed by atoms with Crippen molar-refractivity contribution in [2.45, 2.75) is 34.6 Å². The highest BCUT2D eigenvalue weighted by atomic mass is 31.2. The van der Waals surface area contributed by atoms with Gasteiger partial charge in [0.2, 0.25) is 0 Å². The summed E-state index contributed by atoms with van der Waals surface area (Å²) in [5, 5.41) is 0. The van der Waals surface area contributed by atoms with Gasteiger partial charge < -0.3 is 18.8 Å². The molecule has 0 saturated carbocycles. The van der Waals surface area contributed by atoms with Crippen LogP contribution in [0, 0.1) is 13.8 Å². The fourth-order valence-electron chi connectivity index (χ4n) is 2.35. The molecule has 0 unspecified atom stereocenters. The van der Waals surface area contributed by atoms with E-state index >= 15 is 0 Å². The average molecular weight is 345 g/mol. The van der Waals surface area contributed by atoms with Crippen molar-refractivity contribution < 1.29 is 27.9 Å². The summed E-state index contributed by atoms with van der Waals surface area (Å²) in [7, 11) is -3.49. The maximum absolute atomic E-state index is 12.5. The molecule has 130 valence electrons. The number of ketones is 1. The molecule has 1 aromatic rings. The summed E-state index contributed by atoms with van der Waals surface area (Å²) in [5.74, 6) is -0.915. The quantitative estimate of drug-likeness (QED) is 0.419. The van der Waals surface area contributed by atoms with Crippen molar-refractivity contribution in [2.75, 3.05) is 26.0 Å². The molecule has 1 rings (SSSR count). The van der Waals surface area contributed by atoms with Gasteiger partial charge in [0.25, 0.3) is 0 Å². The molecule has 8 heteroatoms. The second-order valence-corrected chi connectivity index (χ2v) is 6.93. The molecule has 1 N–H and O–H groups in total. The Hall–Kier alpha value is -1.43. The Kier molecular flexibility index (Phi) is 7.19. The van der Waals surface area contributed by atoms with Crippen LogP contribution in [0.2, 0.25) is 0 Å². The fourth-order valence-corrected chi connectivity index (χ4v) is 3.91. The van der Waals surface area contributed by atoms with Crippen LogP contribution in [0.4, 0.5) is 0 Å². The first-order valence-electron chi connectivity index (χ1n) is 7.57. The number of esters is 1. The number of nitrogens with one attached hydrogen (secondary N) is 1. The third kappa shape index (κ3) is 4.77. The van der Waals surface area contributed by atoms with Crippen molar-refractivity contribution in [3.05, 3.63) is 22.5 Å². The molecule has 0 radical (unpaired) electrons. The summed E-state index contributed by atoms with van der Waals surface area (Å²) in [6.07, 6.45) is -0.365. The summed E-state index contributed by atoms with van der Waals surface area (Å²) in [4.78, 5) is 27.3. The van der Waals surface area contributed by atoms with E-state index in [9.17, 15) is 14.2 Å². The standard InChI is InChI=1S/C15H24NO6P/c1-6-20-15(18)14-10(4)13(11(5)16-14)12(17)9-23(19,21-7-2)22-8-3/h16H,6-9H2,1-5H3. The summed E-state index contributed by atoms with van der Waals surface area (Å²) in [6.45, 7) is 9.00. The largest absolute Gasteiger partial charge is 0.461 e. The van der Waals surface area contributed by atoms with Crippen molar-refractivity contribution in [3.8, 4) is 0 Å². The van der Waals surface area contributed by atoms with Gasteiger partial charge in [-0.15, -0.1) is 0 Å². The van der Waals surface area contributed by atoms with Crippen LogP contribution < -0.4 is 0 Å². The topological polar surface area (TPSA) is 94.7 Å². The zero-order valence-electron chi connectivity index (χ0n) is 14.2. The number of carbonyl (C=O) groups is 2. The predicted octanol–water partition coefficient (Wildman–Crippen LogP) is 3.26. The normalized spacial score (nSPS) is 11.5. The molecule has 0 spiro atoms. The second kappa shape index (κ2) is 8.43. The van der Waals surface area contributed by atoms with Gasteiger partial charge in [0.15, 0.2) is 5.78 Å². The lowest BCUT2D eigenvalue weighted by molar-refractivity contribution is 0.0519. The van der Waals surface area contributed by atoms with Crippen LogP contribution >= 0.6 is 7.60 Å². The highest BCUT2D eigenvalue weighted by Gasteiger charge is 2.31. The van der Waals surface area contributed by atoms with Crippen LogP contribution in [0.25, 0.3) is 0 Å². The molecule has 0 aliphatic heterocycles. The van der Waals surface area contributed by atoms with Gasteiger partial charge in [-0.05, 0) is 40.2 Å². The number of ether oxygens (including phenoxy) is 1. The highest BCUT2D eigenvalue weighted by Crippen LogP contribution is 2.48. The Bertz CT molecular complexity index is 612. The summed E-state index contributed by atoms with van der Waals surface area (Å²) < 4.78 is 27.7. The van der Waals surface area contributed by atoms with Crippen molar-refractivity contribution in [3.63, 3.8) is 0 Å². The van der Waals surface area contributed by atoms with E-state index in [-0.39, 0.29) is 31.7 Å².